The summed E-state index contributed by atoms with van der Waals surface area (Å²) in [4.78, 5) is 24.3. The van der Waals surface area contributed by atoms with E-state index in [1.54, 1.807) is 18.2 Å². The van der Waals surface area contributed by atoms with Crippen LogP contribution in [0.25, 0.3) is 11.4 Å². The number of nitrogens with zero attached hydrogens (tertiary/aromatic N) is 2. The third kappa shape index (κ3) is 3.29. The lowest BCUT2D eigenvalue weighted by atomic mass is 10.1. The highest BCUT2D eigenvalue weighted by Gasteiger charge is 2.29. The van der Waals surface area contributed by atoms with E-state index in [0.29, 0.717) is 57.8 Å². The Hall–Kier alpha value is -3.46. The Morgan fingerprint density at radius 1 is 1.28 bits per heavy atom. The van der Waals surface area contributed by atoms with Crippen molar-refractivity contribution in [2.75, 3.05) is 31.8 Å². The van der Waals surface area contributed by atoms with E-state index in [0.717, 1.165) is 5.69 Å². The summed E-state index contributed by atoms with van der Waals surface area (Å²) in [6, 6.07) is 5.31. The highest BCUT2D eigenvalue weighted by atomic mass is 35.5. The van der Waals surface area contributed by atoms with Crippen LogP contribution in [-0.4, -0.2) is 41.6 Å². The molecule has 5 N–H and O–H groups in total. The Balaban J connectivity index is 1.94. The fourth-order valence-corrected chi connectivity index (χ4v) is 3.60. The molecule has 0 atom stereocenters. The minimum atomic E-state index is -0.196. The van der Waals surface area contributed by atoms with Crippen molar-refractivity contribution in [2.24, 2.45) is 0 Å². The number of amides is 1. The van der Waals surface area contributed by atoms with Gasteiger partial charge in [0.2, 0.25) is 5.95 Å². The molecule has 10 heteroatoms. The van der Waals surface area contributed by atoms with Crippen molar-refractivity contribution >= 4 is 34.8 Å². The molecule has 0 aliphatic carbocycles. The van der Waals surface area contributed by atoms with E-state index in [1.165, 1.54) is 20.4 Å². The third-order valence-electron chi connectivity index (χ3n) is 4.63. The van der Waals surface area contributed by atoms with Gasteiger partial charge in [-0.05, 0) is 12.1 Å². The van der Waals surface area contributed by atoms with Crippen molar-refractivity contribution < 1.29 is 14.3 Å². The third-order valence-corrected chi connectivity index (χ3v) is 4.92. The van der Waals surface area contributed by atoms with Gasteiger partial charge < -0.3 is 30.8 Å². The van der Waals surface area contributed by atoms with Crippen LogP contribution in [0.15, 0.2) is 24.4 Å². The highest BCUT2D eigenvalue weighted by molar-refractivity contribution is 6.32. The number of methoxy groups -OCH3 is 2. The molecule has 2 aromatic heterocycles. The number of nitrogens with two attached hydrogens (primary N) is 1. The smallest absolute Gasteiger partial charge is 0.255 e. The molecule has 0 bridgehead atoms. The van der Waals surface area contributed by atoms with Crippen LogP contribution >= 0.6 is 11.6 Å². The number of para-hydroxylation sites is 1. The molecule has 0 saturated carbocycles. The second-order valence-electron chi connectivity index (χ2n) is 6.33. The molecule has 1 aliphatic heterocycles. The zero-order valence-corrected chi connectivity index (χ0v) is 16.6. The van der Waals surface area contributed by atoms with Gasteiger partial charge in [-0.1, -0.05) is 17.7 Å². The van der Waals surface area contributed by atoms with Crippen LogP contribution < -0.4 is 25.8 Å². The summed E-state index contributed by atoms with van der Waals surface area (Å²) < 4.78 is 10.8. The summed E-state index contributed by atoms with van der Waals surface area (Å²) >= 11 is 6.26. The van der Waals surface area contributed by atoms with Gasteiger partial charge in [-0.2, -0.15) is 0 Å². The summed E-state index contributed by atoms with van der Waals surface area (Å²) in [6.45, 7) is 0.536. The molecule has 3 aromatic rings. The number of aromatic amines is 1. The quantitative estimate of drug-likeness (QED) is 0.505. The Bertz CT molecular complexity index is 1100. The van der Waals surface area contributed by atoms with Gasteiger partial charge >= 0.3 is 0 Å². The predicted molar refractivity (Wildman–Crippen MR) is 110 cm³/mol. The van der Waals surface area contributed by atoms with Crippen LogP contribution in [0.5, 0.6) is 11.5 Å². The zero-order valence-electron chi connectivity index (χ0n) is 15.8. The minimum Gasteiger partial charge on any atom is -0.493 e. The number of carbonyl (C=O) groups excluding carboxylic acids is 1. The monoisotopic (exact) mass is 414 g/mol. The second-order valence-corrected chi connectivity index (χ2v) is 6.73. The van der Waals surface area contributed by atoms with E-state index in [4.69, 9.17) is 26.8 Å². The van der Waals surface area contributed by atoms with Crippen molar-refractivity contribution in [2.45, 2.75) is 6.42 Å². The molecule has 1 aromatic carbocycles. The summed E-state index contributed by atoms with van der Waals surface area (Å²) in [5.74, 6) is 0.766. The largest absolute Gasteiger partial charge is 0.493 e. The number of nitrogens with one attached hydrogen (secondary N) is 3. The zero-order chi connectivity index (χ0) is 20.5. The number of hydrogen-bond acceptors (Lipinski definition) is 7. The van der Waals surface area contributed by atoms with Crippen molar-refractivity contribution in [3.63, 3.8) is 0 Å². The van der Waals surface area contributed by atoms with Crippen LogP contribution in [0.1, 0.15) is 16.1 Å². The molecule has 150 valence electrons. The maximum Gasteiger partial charge on any atom is 0.255 e. The number of nitrogen functional groups attached to an aromatic ring is 1. The Labute approximate surface area is 171 Å². The number of aromatic nitrogens is 3. The van der Waals surface area contributed by atoms with E-state index < -0.39 is 0 Å². The van der Waals surface area contributed by atoms with E-state index in [-0.39, 0.29) is 11.9 Å². The predicted octanol–water partition coefficient (Wildman–Crippen LogP) is 2.75. The van der Waals surface area contributed by atoms with E-state index in [1.807, 2.05) is 0 Å². The topological polar surface area (TPSA) is 127 Å². The first-order valence-electron chi connectivity index (χ1n) is 8.83. The number of carbonyl (C=O) groups is 1. The van der Waals surface area contributed by atoms with Gasteiger partial charge in [0, 0.05) is 18.7 Å². The number of H-pyrrole nitrogens is 1. The van der Waals surface area contributed by atoms with Crippen LogP contribution in [0.2, 0.25) is 5.02 Å². The highest BCUT2D eigenvalue weighted by Crippen LogP contribution is 2.42. The number of ether oxygens (including phenoxy) is 2. The number of halogens is 1. The van der Waals surface area contributed by atoms with Gasteiger partial charge in [-0.25, -0.2) is 9.97 Å². The van der Waals surface area contributed by atoms with Gasteiger partial charge in [0.25, 0.3) is 5.91 Å². The van der Waals surface area contributed by atoms with Crippen molar-refractivity contribution in [3.05, 3.63) is 40.7 Å². The molecule has 1 aliphatic rings. The molecule has 3 heterocycles. The number of hydrogen-bond donors (Lipinski definition) is 4. The lowest BCUT2D eigenvalue weighted by Crippen LogP contribution is -2.31. The molecule has 0 radical (unpaired) electrons. The Morgan fingerprint density at radius 3 is 2.86 bits per heavy atom. The number of benzene rings is 1. The first-order valence-corrected chi connectivity index (χ1v) is 9.20. The van der Waals surface area contributed by atoms with Crippen LogP contribution in [0.3, 0.4) is 0 Å². The van der Waals surface area contributed by atoms with Gasteiger partial charge in [0.1, 0.15) is 5.69 Å². The molecule has 1 amide bonds. The lowest BCUT2D eigenvalue weighted by molar-refractivity contribution is 0.0947. The molecule has 0 fully saturated rings. The first kappa shape index (κ1) is 18.9. The molecular formula is C19H19ClN6O3. The fourth-order valence-electron chi connectivity index (χ4n) is 3.34. The Kier molecular flexibility index (Phi) is 4.89. The second kappa shape index (κ2) is 7.51. The van der Waals surface area contributed by atoms with Gasteiger partial charge in [-0.3, -0.25) is 4.79 Å². The van der Waals surface area contributed by atoms with Crippen molar-refractivity contribution in [1.29, 1.82) is 0 Å². The summed E-state index contributed by atoms with van der Waals surface area (Å²) in [7, 11) is 3.04. The lowest BCUT2D eigenvalue weighted by Gasteiger charge is -2.17. The molecule has 29 heavy (non-hydrogen) atoms. The van der Waals surface area contributed by atoms with Gasteiger partial charge in [0.15, 0.2) is 11.5 Å². The van der Waals surface area contributed by atoms with Gasteiger partial charge in [0.05, 0.1) is 48.1 Å². The standard InChI is InChI=1S/C19H19ClN6O3/c1-28-12-8-23-19(21)26-14(12)16-15(13-10(24-16)6-7-22-18(13)27)25-11-5-3-4-9(20)17(11)29-2/h3-5,8,24-25H,6-7H2,1-2H3,(H,22,27)(H2,21,23,26). The molecular weight excluding hydrogens is 396 g/mol. The molecule has 4 rings (SSSR count). The van der Waals surface area contributed by atoms with Crippen molar-refractivity contribution in [3.8, 4) is 22.9 Å². The maximum atomic E-state index is 12.7. The van der Waals surface area contributed by atoms with E-state index in [9.17, 15) is 4.79 Å². The summed E-state index contributed by atoms with van der Waals surface area (Å²) in [5.41, 5.74) is 9.20. The SMILES string of the molecule is COc1cnc(N)nc1-c1[nH]c2c(c1Nc1cccc(Cl)c1OC)C(=O)NCC2. The molecule has 0 unspecified atom stereocenters. The van der Waals surface area contributed by atoms with E-state index in [2.05, 4.69) is 25.6 Å². The Morgan fingerprint density at radius 2 is 2.10 bits per heavy atom. The molecule has 0 saturated heterocycles. The minimum absolute atomic E-state index is 0.0871. The number of fused-ring (bicyclic) bond motifs is 1. The normalized spacial score (nSPS) is 12.9. The van der Waals surface area contributed by atoms with Crippen molar-refractivity contribution in [1.82, 2.24) is 20.3 Å². The van der Waals surface area contributed by atoms with Crippen LogP contribution in [0.4, 0.5) is 17.3 Å². The van der Waals surface area contributed by atoms with Gasteiger partial charge in [-0.15, -0.1) is 0 Å². The number of rotatable bonds is 5. The first-order chi connectivity index (χ1) is 14.0. The average Bonchev–Trinajstić information content (AvgIpc) is 3.07. The molecule has 0 spiro atoms. The summed E-state index contributed by atoms with van der Waals surface area (Å²) in [5, 5.41) is 6.59. The maximum absolute atomic E-state index is 12.7. The van der Waals surface area contributed by atoms with E-state index >= 15 is 0 Å². The van der Waals surface area contributed by atoms with Crippen LogP contribution in [-0.2, 0) is 6.42 Å². The average molecular weight is 415 g/mol. The fraction of sp³-hybridized carbons (Fsp3) is 0.211. The summed E-state index contributed by atoms with van der Waals surface area (Å²) in [6.07, 6.45) is 2.13. The number of anilines is 3. The molecule has 9 nitrogen and oxygen atoms in total. The van der Waals surface area contributed by atoms with Crippen LogP contribution in [0, 0.1) is 0 Å².